The van der Waals surface area contributed by atoms with E-state index in [1.54, 1.807) is 12.2 Å². The van der Waals surface area contributed by atoms with E-state index in [1.165, 1.54) is 160 Å². The molecule has 2 aliphatic rings. The van der Waals surface area contributed by atoms with Crippen molar-refractivity contribution in [2.45, 2.75) is 425 Å². The average Bonchev–Trinajstić information content (AvgIpc) is 0.787. The van der Waals surface area contributed by atoms with Gasteiger partial charge in [0, 0.05) is 26.1 Å². The zero-order valence-electron chi connectivity index (χ0n) is 67.8. The molecule has 2 rings (SSSR count). The van der Waals surface area contributed by atoms with Gasteiger partial charge in [0.2, 0.25) is 24.4 Å². The standard InChI is InChI=1S/C43H79NO9Si.C39H75NO7Si/c1-10-14-16-18-20-22-23-25-27-29-35(45)33-37(46)44-38-40(48-32-28-26-24-21-19-17-15-11-2)39(53-42(47)50-31-13-4)36(52-41(38)49-30-12-3)34-51-54(8,9)43(5,6)7;1-9-12-14-16-18-20-21-23-25-27-32(41)30-34(42)40-35-37(44-29-26-24-22-19-17-15-13-10-2)36(43)33(47-38(35)45-28-11-3)31-46-48(7,8)39(4,5)6/h12-13,30,36,38-41H,4,10-11,14-29,31-34H2,1-3,5-9H3,(H,44,46);11,28,33,35-38,43H,9-10,12-27,29-31H2,1-8H3,(H,40,42)/b30-12-;28-11-/t36-,38-,39-,40-,41+;33-,35-,36-,37-,38+/m11/s1. The second-order valence-corrected chi connectivity index (χ2v) is 41.4. The van der Waals surface area contributed by atoms with Crippen LogP contribution < -0.4 is 10.6 Å². The van der Waals surface area contributed by atoms with Gasteiger partial charge in [-0.25, -0.2) is 4.79 Å². The third-order valence-electron chi connectivity index (χ3n) is 20.5. The first kappa shape index (κ1) is 96.5. The van der Waals surface area contributed by atoms with Crippen molar-refractivity contribution < 1.29 is 75.8 Å². The van der Waals surface area contributed by atoms with Gasteiger partial charge in [-0.2, -0.15) is 0 Å². The molecule has 0 aliphatic carbocycles. The third kappa shape index (κ3) is 43.4. The van der Waals surface area contributed by atoms with Crippen molar-refractivity contribution in [3.05, 3.63) is 37.3 Å². The predicted octanol–water partition coefficient (Wildman–Crippen LogP) is 20.4. The second-order valence-electron chi connectivity index (χ2n) is 31.8. The summed E-state index contributed by atoms with van der Waals surface area (Å²) in [5.41, 5.74) is 0. The summed E-state index contributed by atoms with van der Waals surface area (Å²) in [5.74, 6) is -1.04. The molecule has 0 aromatic carbocycles. The van der Waals surface area contributed by atoms with Crippen LogP contribution in [-0.2, 0) is 65.9 Å². The Morgan fingerprint density at radius 3 is 1.14 bits per heavy atom. The summed E-state index contributed by atoms with van der Waals surface area (Å²) < 4.78 is 61.9. The lowest BCUT2D eigenvalue weighted by atomic mass is 9.95. The highest BCUT2D eigenvalue weighted by atomic mass is 28.4. The van der Waals surface area contributed by atoms with Crippen LogP contribution in [0.5, 0.6) is 0 Å². The molecule has 2 amide bonds. The molecular formula is C82H154N2O16Si2. The Balaban J connectivity index is 0.00000103. The minimum atomic E-state index is -2.26. The number of ether oxygens (including phenoxy) is 8. The molecular weight excluding hydrogens is 1330 g/mol. The van der Waals surface area contributed by atoms with Crippen molar-refractivity contribution in [1.29, 1.82) is 0 Å². The minimum absolute atomic E-state index is 0.00277. The minimum Gasteiger partial charge on any atom is -0.471 e. The first-order valence-corrected chi connectivity index (χ1v) is 46.6. The van der Waals surface area contributed by atoms with Crippen LogP contribution in [0.1, 0.15) is 327 Å². The van der Waals surface area contributed by atoms with Gasteiger partial charge in [-0.3, -0.25) is 19.2 Å². The molecule has 0 radical (unpaired) electrons. The van der Waals surface area contributed by atoms with Crippen LogP contribution >= 0.6 is 0 Å². The number of carbonyl (C=O) groups is 5. The maximum atomic E-state index is 13.5. The van der Waals surface area contributed by atoms with Crippen LogP contribution in [0.2, 0.25) is 36.3 Å². The highest BCUT2D eigenvalue weighted by Crippen LogP contribution is 2.39. The fourth-order valence-electron chi connectivity index (χ4n) is 12.0. The van der Waals surface area contributed by atoms with Crippen LogP contribution in [-0.4, -0.2) is 146 Å². The molecule has 2 aliphatic heterocycles. The van der Waals surface area contributed by atoms with Gasteiger partial charge in [-0.1, -0.05) is 287 Å². The molecule has 2 fully saturated rings. The van der Waals surface area contributed by atoms with Crippen molar-refractivity contribution in [2.24, 2.45) is 0 Å². The number of hydrogen-bond acceptors (Lipinski definition) is 16. The number of ketones is 2. The van der Waals surface area contributed by atoms with E-state index in [9.17, 15) is 29.1 Å². The molecule has 596 valence electrons. The largest absolute Gasteiger partial charge is 0.509 e. The first-order valence-electron chi connectivity index (χ1n) is 40.8. The van der Waals surface area contributed by atoms with Gasteiger partial charge in [0.25, 0.3) is 0 Å². The first-order chi connectivity index (χ1) is 48.7. The van der Waals surface area contributed by atoms with Crippen molar-refractivity contribution in [1.82, 2.24) is 10.6 Å². The van der Waals surface area contributed by atoms with E-state index >= 15 is 0 Å². The van der Waals surface area contributed by atoms with Gasteiger partial charge >= 0.3 is 6.16 Å². The van der Waals surface area contributed by atoms with E-state index in [4.69, 9.17) is 46.7 Å². The van der Waals surface area contributed by atoms with Crippen LogP contribution in [0.3, 0.4) is 0 Å². The van der Waals surface area contributed by atoms with Gasteiger partial charge in [-0.15, -0.1) is 0 Å². The molecule has 20 heteroatoms. The van der Waals surface area contributed by atoms with Crippen LogP contribution in [0.25, 0.3) is 0 Å². The van der Waals surface area contributed by atoms with Crippen LogP contribution in [0.4, 0.5) is 4.79 Å². The molecule has 102 heavy (non-hydrogen) atoms. The third-order valence-corrected chi connectivity index (χ3v) is 29.5. The number of nitrogens with one attached hydrogen (secondary N) is 2. The molecule has 0 aromatic rings. The van der Waals surface area contributed by atoms with Crippen LogP contribution in [0.15, 0.2) is 37.3 Å². The topological polar surface area (TPSA) is 222 Å². The maximum Gasteiger partial charge on any atom is 0.509 e. The number of aliphatic hydroxyl groups is 1. The predicted molar refractivity (Wildman–Crippen MR) is 419 cm³/mol. The smallest absolute Gasteiger partial charge is 0.471 e. The summed E-state index contributed by atoms with van der Waals surface area (Å²) in [6.45, 7) is 38.9. The Labute approximate surface area is 624 Å². The highest BCUT2D eigenvalue weighted by molar-refractivity contribution is 6.74. The summed E-state index contributed by atoms with van der Waals surface area (Å²) in [7, 11) is -4.38. The molecule has 0 aromatic heterocycles. The Morgan fingerprint density at radius 2 is 0.784 bits per heavy atom. The van der Waals surface area contributed by atoms with Gasteiger partial charge in [0.15, 0.2) is 22.7 Å². The quantitative estimate of drug-likeness (QED) is 0.0129. The molecule has 2 heterocycles. The van der Waals surface area contributed by atoms with E-state index in [2.05, 4.69) is 113 Å². The number of unbranched alkanes of at least 4 members (excludes halogenated alkanes) is 30. The van der Waals surface area contributed by atoms with E-state index in [1.807, 2.05) is 13.8 Å². The normalized spacial score (nSPS) is 21.1. The fourth-order valence-corrected chi connectivity index (χ4v) is 14.0. The zero-order valence-corrected chi connectivity index (χ0v) is 69.8. The van der Waals surface area contributed by atoms with Gasteiger partial charge in [-0.05, 0) is 75.8 Å². The molecule has 0 spiro atoms. The van der Waals surface area contributed by atoms with Crippen molar-refractivity contribution >= 4 is 46.2 Å². The maximum absolute atomic E-state index is 13.5. The van der Waals surface area contributed by atoms with E-state index < -0.39 is 95.9 Å². The Morgan fingerprint density at radius 1 is 0.461 bits per heavy atom. The monoisotopic (exact) mass is 1480 g/mol. The highest BCUT2D eigenvalue weighted by Gasteiger charge is 2.53. The lowest BCUT2D eigenvalue weighted by molar-refractivity contribution is -0.264. The lowest BCUT2D eigenvalue weighted by Gasteiger charge is -2.46. The van der Waals surface area contributed by atoms with Gasteiger partial charge in [0.05, 0.1) is 38.6 Å². The second kappa shape index (κ2) is 57.7. The van der Waals surface area contributed by atoms with Crippen molar-refractivity contribution in [3.63, 3.8) is 0 Å². The summed E-state index contributed by atoms with van der Waals surface area (Å²) in [6.07, 6.45) is 39.6. The van der Waals surface area contributed by atoms with Crippen molar-refractivity contribution in [3.8, 4) is 0 Å². The van der Waals surface area contributed by atoms with Gasteiger partial charge < -0.3 is 62.5 Å². The number of hydrogen-bond donors (Lipinski definition) is 3. The van der Waals surface area contributed by atoms with Crippen molar-refractivity contribution in [2.75, 3.05) is 33.0 Å². The average molecular weight is 1480 g/mol. The molecule has 3 N–H and O–H groups in total. The van der Waals surface area contributed by atoms with Gasteiger partial charge in [0.1, 0.15) is 60.8 Å². The number of aliphatic hydroxyl groups excluding tert-OH is 1. The molecule has 18 nitrogen and oxygen atoms in total. The van der Waals surface area contributed by atoms with E-state index in [0.29, 0.717) is 26.1 Å². The number of allylic oxidation sites excluding steroid dienone is 2. The number of carbonyl (C=O) groups excluding carboxylic acids is 5. The number of rotatable bonds is 59. The summed E-state index contributed by atoms with van der Waals surface area (Å²) >= 11 is 0. The summed E-state index contributed by atoms with van der Waals surface area (Å²) in [5, 5.41) is 17.5. The number of amides is 2. The summed E-state index contributed by atoms with van der Waals surface area (Å²) in [4.78, 5) is 65.4. The molecule has 2 saturated heterocycles. The Bertz CT molecular complexity index is 2240. The van der Waals surface area contributed by atoms with E-state index in [0.717, 1.165) is 77.0 Å². The Hall–Kier alpha value is -3.48. The molecule has 10 atom stereocenters. The fraction of sp³-hybridized carbons (Fsp3) is 0.866. The Kier molecular flexibility index (Phi) is 54.6. The molecule has 0 bridgehead atoms. The molecule has 0 saturated carbocycles. The SMILES string of the molecule is C/C=C\O[C@H]1O[C@H](CO[Si](C)(C)C(C)(C)C)[C@@H](O)[C@H](OCCCCCCCCCC)[C@H]1NC(=O)CC(=O)CCCCCCCCCCC.C=CCOC(=O)O[C@H]1[C@H](OCCCCCCCCCC)[C@@H](NC(=O)CC(=O)CCCCCCCCCCC)[C@@H](O/C=C\C)O[C@@H]1CO[Si](C)(C)C(C)(C)C. The lowest BCUT2D eigenvalue weighted by Crippen LogP contribution is -2.66. The summed E-state index contributed by atoms with van der Waals surface area (Å²) in [6, 6.07) is -1.69. The van der Waals surface area contributed by atoms with E-state index in [-0.39, 0.29) is 54.3 Å². The number of Topliss-reactive ketones (excluding diaryl/α,β-unsaturated/α-hetero) is 2. The molecule has 0 unspecified atom stereocenters. The zero-order chi connectivity index (χ0) is 76.1. The van der Waals surface area contributed by atoms with Crippen LogP contribution in [0, 0.1) is 0 Å².